The lowest BCUT2D eigenvalue weighted by atomic mass is 9.82. The number of benzene rings is 1. The number of aliphatic imine (C=N–C) groups is 1. The fourth-order valence-electron chi connectivity index (χ4n) is 5.49. The van der Waals surface area contributed by atoms with Crippen molar-refractivity contribution >= 4 is 23.0 Å². The van der Waals surface area contributed by atoms with Crippen LogP contribution in [0.3, 0.4) is 0 Å². The molecular weight excluding hydrogens is 391 g/mol. The first kappa shape index (κ1) is 20.6. The SMILES string of the molecule is C[C@@H]1C[C@H](c2cc(F)c(C3C=N3)c3ncccc23)CN(C(=O)CC2CCN(C)CC2)C1. The van der Waals surface area contributed by atoms with Crippen molar-refractivity contribution in [2.75, 3.05) is 33.2 Å². The van der Waals surface area contributed by atoms with Crippen LogP contribution in [0.1, 0.15) is 55.7 Å². The number of aromatic nitrogens is 1. The molecule has 164 valence electrons. The van der Waals surface area contributed by atoms with Crippen molar-refractivity contribution in [3.8, 4) is 0 Å². The van der Waals surface area contributed by atoms with E-state index in [4.69, 9.17) is 0 Å². The maximum Gasteiger partial charge on any atom is 0.222 e. The number of amides is 1. The van der Waals surface area contributed by atoms with Crippen LogP contribution in [0.5, 0.6) is 0 Å². The molecule has 0 saturated carbocycles. The monoisotopic (exact) mass is 422 g/mol. The highest BCUT2D eigenvalue weighted by molar-refractivity contribution is 5.92. The maximum atomic E-state index is 15.1. The van der Waals surface area contributed by atoms with Crippen molar-refractivity contribution in [1.29, 1.82) is 0 Å². The summed E-state index contributed by atoms with van der Waals surface area (Å²) in [5.74, 6) is 1.03. The molecule has 31 heavy (non-hydrogen) atoms. The number of carbonyl (C=O) groups excluding carboxylic acids is 1. The van der Waals surface area contributed by atoms with E-state index in [-0.39, 0.29) is 23.7 Å². The molecular formula is C25H31FN4O. The smallest absolute Gasteiger partial charge is 0.222 e. The van der Waals surface area contributed by atoms with E-state index in [9.17, 15) is 4.79 Å². The second kappa shape index (κ2) is 8.30. The highest BCUT2D eigenvalue weighted by Crippen LogP contribution is 2.39. The number of fused-ring (bicyclic) bond motifs is 1. The van der Waals surface area contributed by atoms with E-state index in [0.717, 1.165) is 49.8 Å². The Morgan fingerprint density at radius 3 is 2.77 bits per heavy atom. The molecule has 5 nitrogen and oxygen atoms in total. The number of pyridine rings is 1. The molecule has 2 saturated heterocycles. The van der Waals surface area contributed by atoms with Crippen LogP contribution in [0.15, 0.2) is 29.4 Å². The normalized spacial score (nSPS) is 27.1. The summed E-state index contributed by atoms with van der Waals surface area (Å²) in [5, 5.41) is 0.996. The molecule has 6 heteroatoms. The number of halogens is 1. The Labute approximate surface area is 183 Å². The molecule has 2 aromatic rings. The van der Waals surface area contributed by atoms with Gasteiger partial charge in [0.15, 0.2) is 0 Å². The average molecular weight is 423 g/mol. The first-order chi connectivity index (χ1) is 15.0. The van der Waals surface area contributed by atoms with Crippen LogP contribution in [0.25, 0.3) is 10.9 Å². The molecule has 4 heterocycles. The quantitative estimate of drug-likeness (QED) is 0.743. The van der Waals surface area contributed by atoms with Gasteiger partial charge in [0.1, 0.15) is 11.9 Å². The molecule has 3 atom stereocenters. The van der Waals surface area contributed by atoms with E-state index in [1.54, 1.807) is 18.5 Å². The lowest BCUT2D eigenvalue weighted by Crippen LogP contribution is -2.43. The molecule has 3 aliphatic rings. The third kappa shape index (κ3) is 4.22. The molecule has 0 bridgehead atoms. The van der Waals surface area contributed by atoms with Gasteiger partial charge in [-0.25, -0.2) is 4.39 Å². The van der Waals surface area contributed by atoms with Crippen molar-refractivity contribution in [1.82, 2.24) is 14.8 Å². The molecule has 3 aliphatic heterocycles. The van der Waals surface area contributed by atoms with Crippen LogP contribution < -0.4 is 0 Å². The van der Waals surface area contributed by atoms with Crippen LogP contribution in [-0.2, 0) is 4.79 Å². The summed E-state index contributed by atoms with van der Waals surface area (Å²) in [7, 11) is 2.15. The van der Waals surface area contributed by atoms with Crippen LogP contribution in [-0.4, -0.2) is 60.1 Å². The summed E-state index contributed by atoms with van der Waals surface area (Å²) >= 11 is 0. The number of carbonyl (C=O) groups is 1. The fraction of sp³-hybridized carbons (Fsp3) is 0.560. The van der Waals surface area contributed by atoms with Crippen LogP contribution in [0.2, 0.25) is 0 Å². The Bertz CT molecular complexity index is 1010. The van der Waals surface area contributed by atoms with Gasteiger partial charge in [0.25, 0.3) is 0 Å². The van der Waals surface area contributed by atoms with E-state index in [1.807, 2.05) is 17.0 Å². The fourth-order valence-corrected chi connectivity index (χ4v) is 5.49. The van der Waals surface area contributed by atoms with Crippen molar-refractivity contribution in [3.05, 3.63) is 41.3 Å². The molecule has 0 N–H and O–H groups in total. The zero-order valence-electron chi connectivity index (χ0n) is 18.4. The predicted octanol–water partition coefficient (Wildman–Crippen LogP) is 4.18. The number of hydrogen-bond donors (Lipinski definition) is 0. The topological polar surface area (TPSA) is 48.8 Å². The minimum atomic E-state index is -0.230. The van der Waals surface area contributed by atoms with E-state index in [2.05, 4.69) is 28.8 Å². The Morgan fingerprint density at radius 2 is 2.03 bits per heavy atom. The Kier molecular flexibility index (Phi) is 5.51. The number of likely N-dealkylation sites (tertiary alicyclic amines) is 2. The minimum Gasteiger partial charge on any atom is -0.342 e. The second-order valence-corrected chi connectivity index (χ2v) is 9.79. The van der Waals surface area contributed by atoms with E-state index < -0.39 is 0 Å². The van der Waals surface area contributed by atoms with Crippen molar-refractivity contribution < 1.29 is 9.18 Å². The van der Waals surface area contributed by atoms with Crippen molar-refractivity contribution in [2.24, 2.45) is 16.8 Å². The van der Waals surface area contributed by atoms with E-state index in [0.29, 0.717) is 35.9 Å². The maximum absolute atomic E-state index is 15.1. The lowest BCUT2D eigenvalue weighted by molar-refractivity contribution is -0.134. The molecule has 1 amide bonds. The standard InChI is InChI=1S/C25H31FN4O/c1-16-10-18(15-30(14-16)23(31)11-17-5-8-29(2)9-6-17)20-12-21(26)24(22-13-28-22)25-19(20)4-3-7-27-25/h3-4,7,12-13,16-18,22H,5-6,8-11,14-15H2,1-2H3/t16-,18+,22?/m1/s1. The van der Waals surface area contributed by atoms with Crippen LogP contribution in [0, 0.1) is 17.7 Å². The van der Waals surface area contributed by atoms with Gasteiger partial charge in [0, 0.05) is 48.8 Å². The van der Waals surface area contributed by atoms with Gasteiger partial charge in [-0.1, -0.05) is 13.0 Å². The minimum absolute atomic E-state index is 0.126. The molecule has 2 fully saturated rings. The summed E-state index contributed by atoms with van der Waals surface area (Å²) in [5.41, 5.74) is 2.27. The van der Waals surface area contributed by atoms with Gasteiger partial charge in [0.05, 0.1) is 5.52 Å². The zero-order chi connectivity index (χ0) is 21.5. The summed E-state index contributed by atoms with van der Waals surface area (Å²) in [6.45, 7) is 5.82. The Morgan fingerprint density at radius 1 is 1.26 bits per heavy atom. The third-order valence-electron chi connectivity index (χ3n) is 7.26. The molecule has 1 aromatic carbocycles. The van der Waals surface area contributed by atoms with Crippen molar-refractivity contribution in [3.63, 3.8) is 0 Å². The van der Waals surface area contributed by atoms with Crippen molar-refractivity contribution in [2.45, 2.75) is 44.6 Å². The number of nitrogens with zero attached hydrogens (tertiary/aromatic N) is 4. The number of piperidine rings is 2. The molecule has 0 aliphatic carbocycles. The molecule has 0 spiro atoms. The van der Waals surface area contributed by atoms with Gasteiger partial charge in [0.2, 0.25) is 5.91 Å². The van der Waals surface area contributed by atoms with Gasteiger partial charge in [-0.3, -0.25) is 14.8 Å². The molecule has 0 radical (unpaired) electrons. The van der Waals surface area contributed by atoms with E-state index >= 15 is 4.39 Å². The largest absolute Gasteiger partial charge is 0.342 e. The predicted molar refractivity (Wildman–Crippen MR) is 121 cm³/mol. The Balaban J connectivity index is 1.38. The van der Waals surface area contributed by atoms with E-state index in [1.165, 1.54) is 0 Å². The lowest BCUT2D eigenvalue weighted by Gasteiger charge is -2.38. The first-order valence-corrected chi connectivity index (χ1v) is 11.6. The summed E-state index contributed by atoms with van der Waals surface area (Å²) in [4.78, 5) is 26.2. The Hall–Kier alpha value is -2.34. The van der Waals surface area contributed by atoms with Gasteiger partial charge in [-0.2, -0.15) is 0 Å². The molecule has 1 aromatic heterocycles. The number of rotatable bonds is 4. The van der Waals surface area contributed by atoms with Gasteiger partial charge < -0.3 is 9.80 Å². The second-order valence-electron chi connectivity index (χ2n) is 9.79. The zero-order valence-corrected chi connectivity index (χ0v) is 18.4. The highest BCUT2D eigenvalue weighted by Gasteiger charge is 2.33. The molecule has 5 rings (SSSR count). The van der Waals surface area contributed by atoms with Gasteiger partial charge >= 0.3 is 0 Å². The van der Waals surface area contributed by atoms with Crippen LogP contribution in [0.4, 0.5) is 4.39 Å². The number of hydrogen-bond acceptors (Lipinski definition) is 4. The van der Waals surface area contributed by atoms with Crippen LogP contribution >= 0.6 is 0 Å². The van der Waals surface area contributed by atoms with Gasteiger partial charge in [-0.05, 0) is 68.9 Å². The third-order valence-corrected chi connectivity index (χ3v) is 7.26. The molecule has 1 unspecified atom stereocenters. The average Bonchev–Trinajstić information content (AvgIpc) is 3.59. The first-order valence-electron chi connectivity index (χ1n) is 11.6. The highest BCUT2D eigenvalue weighted by atomic mass is 19.1. The summed E-state index contributed by atoms with van der Waals surface area (Å²) in [6.07, 6.45) is 7.28. The summed E-state index contributed by atoms with van der Waals surface area (Å²) in [6, 6.07) is 5.46. The van der Waals surface area contributed by atoms with Gasteiger partial charge in [-0.15, -0.1) is 0 Å². The summed E-state index contributed by atoms with van der Waals surface area (Å²) < 4.78 is 15.1.